The third kappa shape index (κ3) is 5.87. The van der Waals surface area contributed by atoms with E-state index in [1.807, 2.05) is 43.5 Å². The molecule has 0 aliphatic rings. The SMILES string of the molecule is CSc1ccc(S(=O)(=O)N(CC(=O)N/N=C/c2cc3ccccc3nc2Cl)c2ccc(C)cc2)cc1. The predicted molar refractivity (Wildman–Crippen MR) is 146 cm³/mol. The lowest BCUT2D eigenvalue weighted by atomic mass is 10.2. The van der Waals surface area contributed by atoms with Crippen LogP contribution in [-0.2, 0) is 14.8 Å². The van der Waals surface area contributed by atoms with E-state index in [0.29, 0.717) is 11.3 Å². The van der Waals surface area contributed by atoms with Crippen LogP contribution in [0, 0.1) is 6.92 Å². The third-order valence-electron chi connectivity index (χ3n) is 5.35. The summed E-state index contributed by atoms with van der Waals surface area (Å²) in [5, 5.41) is 5.09. The van der Waals surface area contributed by atoms with Crippen molar-refractivity contribution in [2.45, 2.75) is 16.7 Å². The van der Waals surface area contributed by atoms with Crippen LogP contribution in [0.2, 0.25) is 5.15 Å². The molecule has 0 radical (unpaired) electrons. The van der Waals surface area contributed by atoms with Crippen LogP contribution >= 0.6 is 23.4 Å². The number of hydrazone groups is 1. The number of nitrogens with zero attached hydrogens (tertiary/aromatic N) is 3. The van der Waals surface area contributed by atoms with E-state index in [9.17, 15) is 13.2 Å². The molecular formula is C26H23ClN4O3S2. The van der Waals surface area contributed by atoms with Gasteiger partial charge >= 0.3 is 0 Å². The molecule has 0 saturated heterocycles. The topological polar surface area (TPSA) is 91.7 Å². The molecule has 1 N–H and O–H groups in total. The molecule has 10 heteroatoms. The number of benzene rings is 3. The molecule has 1 heterocycles. The number of carbonyl (C=O) groups excluding carboxylic acids is 1. The van der Waals surface area contributed by atoms with Crippen molar-refractivity contribution in [1.29, 1.82) is 0 Å². The van der Waals surface area contributed by atoms with E-state index in [0.717, 1.165) is 25.7 Å². The summed E-state index contributed by atoms with van der Waals surface area (Å²) in [5.74, 6) is -0.610. The van der Waals surface area contributed by atoms with Crippen LogP contribution in [0.4, 0.5) is 5.69 Å². The van der Waals surface area contributed by atoms with Crippen molar-refractivity contribution < 1.29 is 13.2 Å². The Kier molecular flexibility index (Phi) is 7.93. The Hall–Kier alpha value is -3.40. The first-order valence-corrected chi connectivity index (χ1v) is 13.9. The van der Waals surface area contributed by atoms with Crippen molar-refractivity contribution in [2.24, 2.45) is 5.10 Å². The van der Waals surface area contributed by atoms with Gasteiger partial charge in [0.2, 0.25) is 0 Å². The van der Waals surface area contributed by atoms with E-state index in [4.69, 9.17) is 11.6 Å². The number of carbonyl (C=O) groups is 1. The summed E-state index contributed by atoms with van der Waals surface area (Å²) in [4.78, 5) is 18.1. The largest absolute Gasteiger partial charge is 0.271 e. The highest BCUT2D eigenvalue weighted by Gasteiger charge is 2.27. The lowest BCUT2D eigenvalue weighted by molar-refractivity contribution is -0.119. The number of para-hydroxylation sites is 1. The number of halogens is 1. The average Bonchev–Trinajstić information content (AvgIpc) is 2.88. The molecule has 0 aliphatic carbocycles. The van der Waals surface area contributed by atoms with Crippen molar-refractivity contribution in [3.05, 3.63) is 95.1 Å². The van der Waals surface area contributed by atoms with Crippen molar-refractivity contribution in [2.75, 3.05) is 17.1 Å². The van der Waals surface area contributed by atoms with E-state index in [2.05, 4.69) is 15.5 Å². The Balaban J connectivity index is 1.56. The third-order valence-corrected chi connectivity index (χ3v) is 8.19. The zero-order valence-electron chi connectivity index (χ0n) is 19.6. The minimum Gasteiger partial charge on any atom is -0.271 e. The number of nitrogens with one attached hydrogen (secondary N) is 1. The second-order valence-electron chi connectivity index (χ2n) is 7.88. The number of hydrogen-bond donors (Lipinski definition) is 1. The molecule has 0 bridgehead atoms. The second-order valence-corrected chi connectivity index (χ2v) is 11.0. The maximum atomic E-state index is 13.5. The Morgan fingerprint density at radius 2 is 1.78 bits per heavy atom. The number of rotatable bonds is 8. The molecule has 4 aromatic rings. The van der Waals surface area contributed by atoms with E-state index in [1.54, 1.807) is 36.4 Å². The number of amides is 1. The number of fused-ring (bicyclic) bond motifs is 1. The van der Waals surface area contributed by atoms with Crippen LogP contribution in [0.3, 0.4) is 0 Å². The number of pyridine rings is 1. The zero-order valence-corrected chi connectivity index (χ0v) is 21.9. The first-order valence-electron chi connectivity index (χ1n) is 10.9. The molecular weight excluding hydrogens is 516 g/mol. The highest BCUT2D eigenvalue weighted by molar-refractivity contribution is 7.98. The summed E-state index contributed by atoms with van der Waals surface area (Å²) < 4.78 is 28.0. The number of hydrogen-bond acceptors (Lipinski definition) is 6. The van der Waals surface area contributed by atoms with Gasteiger partial charge in [-0.15, -0.1) is 11.8 Å². The standard InChI is InChI=1S/C26H23ClN4O3S2/c1-18-7-9-21(10-8-18)31(36(33,34)23-13-11-22(35-2)12-14-23)17-25(32)30-28-16-20-15-19-5-3-4-6-24(19)29-26(20)27/h3-16H,17H2,1-2H3,(H,30,32)/b28-16+. The van der Waals surface area contributed by atoms with Gasteiger partial charge < -0.3 is 0 Å². The van der Waals surface area contributed by atoms with Crippen molar-refractivity contribution >= 4 is 62.1 Å². The summed E-state index contributed by atoms with van der Waals surface area (Å²) in [7, 11) is -4.01. The normalized spacial score (nSPS) is 11.6. The second kappa shape index (κ2) is 11.1. The van der Waals surface area contributed by atoms with Crippen LogP contribution in [0.1, 0.15) is 11.1 Å². The first-order chi connectivity index (χ1) is 17.3. The van der Waals surface area contributed by atoms with Gasteiger partial charge in [-0.05, 0) is 61.7 Å². The van der Waals surface area contributed by atoms with Crippen LogP contribution in [0.15, 0.2) is 93.8 Å². The molecule has 7 nitrogen and oxygen atoms in total. The van der Waals surface area contributed by atoms with Crippen molar-refractivity contribution in [3.63, 3.8) is 0 Å². The van der Waals surface area contributed by atoms with Crippen LogP contribution < -0.4 is 9.73 Å². The number of sulfonamides is 1. The molecule has 184 valence electrons. The molecule has 0 unspecified atom stereocenters. The fourth-order valence-corrected chi connectivity index (χ4v) is 5.46. The van der Waals surface area contributed by atoms with E-state index in [1.165, 1.54) is 30.1 Å². The van der Waals surface area contributed by atoms with Crippen LogP contribution in [-0.4, -0.2) is 38.3 Å². The Labute approximate surface area is 219 Å². The lowest BCUT2D eigenvalue weighted by Gasteiger charge is -2.24. The summed E-state index contributed by atoms with van der Waals surface area (Å²) in [5.41, 5.74) is 5.00. The number of aryl methyl sites for hydroxylation is 1. The molecule has 0 saturated carbocycles. The van der Waals surface area contributed by atoms with Crippen LogP contribution in [0.5, 0.6) is 0 Å². The van der Waals surface area contributed by atoms with Gasteiger partial charge in [-0.2, -0.15) is 5.10 Å². The van der Waals surface area contributed by atoms with Gasteiger partial charge in [0.25, 0.3) is 15.9 Å². The Morgan fingerprint density at radius 3 is 2.47 bits per heavy atom. The summed E-state index contributed by atoms with van der Waals surface area (Å²) >= 11 is 7.75. The zero-order chi connectivity index (χ0) is 25.7. The van der Waals surface area contributed by atoms with Gasteiger partial charge in [0, 0.05) is 15.8 Å². The molecule has 1 amide bonds. The fraction of sp³-hybridized carbons (Fsp3) is 0.115. The van der Waals surface area contributed by atoms with E-state index < -0.39 is 22.5 Å². The van der Waals surface area contributed by atoms with Gasteiger partial charge in [-0.3, -0.25) is 9.10 Å². The molecule has 36 heavy (non-hydrogen) atoms. The highest BCUT2D eigenvalue weighted by atomic mass is 35.5. The highest BCUT2D eigenvalue weighted by Crippen LogP contribution is 2.26. The van der Waals surface area contributed by atoms with Gasteiger partial charge in [-0.1, -0.05) is 47.5 Å². The molecule has 0 fully saturated rings. The van der Waals surface area contributed by atoms with Crippen LogP contribution in [0.25, 0.3) is 10.9 Å². The van der Waals surface area contributed by atoms with Crippen molar-refractivity contribution in [1.82, 2.24) is 10.4 Å². The summed E-state index contributed by atoms with van der Waals surface area (Å²) in [6.45, 7) is 1.44. The molecule has 4 rings (SSSR count). The maximum absolute atomic E-state index is 13.5. The number of aromatic nitrogens is 1. The van der Waals surface area contributed by atoms with Gasteiger partial charge in [-0.25, -0.2) is 18.8 Å². The first kappa shape index (κ1) is 25.7. The van der Waals surface area contributed by atoms with Gasteiger partial charge in [0.05, 0.1) is 22.3 Å². The summed E-state index contributed by atoms with van der Waals surface area (Å²) in [6, 6.07) is 22.7. The number of thioether (sulfide) groups is 1. The maximum Gasteiger partial charge on any atom is 0.264 e. The molecule has 0 aliphatic heterocycles. The average molecular weight is 539 g/mol. The molecule has 1 aromatic heterocycles. The molecule has 0 atom stereocenters. The molecule has 0 spiro atoms. The quantitative estimate of drug-likeness (QED) is 0.143. The smallest absolute Gasteiger partial charge is 0.264 e. The van der Waals surface area contributed by atoms with Crippen molar-refractivity contribution in [3.8, 4) is 0 Å². The number of anilines is 1. The summed E-state index contributed by atoms with van der Waals surface area (Å²) in [6.07, 6.45) is 3.29. The van der Waals surface area contributed by atoms with Gasteiger partial charge in [0.15, 0.2) is 0 Å². The molecule has 3 aromatic carbocycles. The Bertz CT molecular complexity index is 1520. The van der Waals surface area contributed by atoms with E-state index >= 15 is 0 Å². The fourth-order valence-electron chi connectivity index (χ4n) is 3.44. The van der Waals surface area contributed by atoms with Gasteiger partial charge in [0.1, 0.15) is 11.7 Å². The Morgan fingerprint density at radius 1 is 1.08 bits per heavy atom. The minimum absolute atomic E-state index is 0.0891. The predicted octanol–water partition coefficient (Wildman–Crippen LogP) is 5.26. The monoisotopic (exact) mass is 538 g/mol. The minimum atomic E-state index is -4.01. The van der Waals surface area contributed by atoms with E-state index in [-0.39, 0.29) is 10.0 Å². The lowest BCUT2D eigenvalue weighted by Crippen LogP contribution is -2.39.